The number of rotatable bonds is 10. The van der Waals surface area contributed by atoms with Crippen molar-refractivity contribution >= 4 is 56.0 Å². The number of nitrogens with two attached hydrogens (primary N) is 1. The number of piperazine rings is 1. The summed E-state index contributed by atoms with van der Waals surface area (Å²) in [5.74, 6) is 1.62. The third-order valence-corrected chi connectivity index (χ3v) is 9.17. The van der Waals surface area contributed by atoms with E-state index in [1.807, 2.05) is 36.4 Å². The summed E-state index contributed by atoms with van der Waals surface area (Å²) in [5, 5.41) is 5.13. The second kappa shape index (κ2) is 13.4. The number of ether oxygens (including phenoxy) is 2. The number of primary sulfonamides is 1. The van der Waals surface area contributed by atoms with Crippen molar-refractivity contribution in [3.8, 4) is 17.2 Å². The number of thioether (sulfide) groups is 1. The summed E-state index contributed by atoms with van der Waals surface area (Å²) in [6.45, 7) is 6.10. The maximum absolute atomic E-state index is 13.2. The van der Waals surface area contributed by atoms with E-state index in [9.17, 15) is 13.2 Å². The molecule has 3 aromatic rings. The van der Waals surface area contributed by atoms with Gasteiger partial charge in [0.1, 0.15) is 17.2 Å². The number of carbonyl (C=O) groups is 1. The fraction of sp³-hybridized carbons (Fsp3) is 0.267. The van der Waals surface area contributed by atoms with Gasteiger partial charge in [-0.2, -0.15) is 0 Å². The van der Waals surface area contributed by atoms with Crippen LogP contribution in [0.15, 0.2) is 82.6 Å². The minimum Gasteiger partial charge on any atom is -0.494 e. The van der Waals surface area contributed by atoms with E-state index in [0.717, 1.165) is 50.5 Å². The number of likely N-dealkylation sites (N-methyl/N-ethyl adjacent to an activating group) is 1. The van der Waals surface area contributed by atoms with Gasteiger partial charge < -0.3 is 19.3 Å². The first-order valence-corrected chi connectivity index (χ1v) is 16.3. The quantitative estimate of drug-likeness (QED) is 0.198. The van der Waals surface area contributed by atoms with Gasteiger partial charge in [-0.25, -0.2) is 13.6 Å². The normalized spacial score (nSPS) is 17.7. The Balaban J connectivity index is 1.14. The molecule has 2 aliphatic rings. The zero-order chi connectivity index (χ0) is 29.7. The number of hydrogen-bond donors (Lipinski definition) is 1. The van der Waals surface area contributed by atoms with E-state index in [2.05, 4.69) is 16.8 Å². The molecule has 2 aliphatic heterocycles. The molecule has 0 spiro atoms. The molecule has 2 saturated heterocycles. The molecule has 0 unspecified atom stereocenters. The smallest absolute Gasteiger partial charge is 0.270 e. The van der Waals surface area contributed by atoms with Crippen molar-refractivity contribution in [2.75, 3.05) is 51.3 Å². The lowest BCUT2D eigenvalue weighted by molar-refractivity contribution is -0.113. The Hall–Kier alpha value is -3.26. The molecule has 0 saturated carbocycles. The van der Waals surface area contributed by atoms with Crippen LogP contribution in [0.3, 0.4) is 0 Å². The summed E-state index contributed by atoms with van der Waals surface area (Å²) >= 11 is 6.78. The van der Waals surface area contributed by atoms with Gasteiger partial charge in [-0.15, -0.1) is 0 Å². The Morgan fingerprint density at radius 3 is 2.12 bits per heavy atom. The molecule has 12 heteroatoms. The van der Waals surface area contributed by atoms with Crippen LogP contribution in [-0.4, -0.2) is 74.8 Å². The van der Waals surface area contributed by atoms with Crippen LogP contribution in [-0.2, 0) is 14.8 Å². The number of thiocarbonyl (C=S) groups is 1. The number of anilines is 1. The molecule has 0 aliphatic carbocycles. The topological polar surface area (TPSA) is 105 Å². The monoisotopic (exact) mass is 624 g/mol. The van der Waals surface area contributed by atoms with Gasteiger partial charge in [0.05, 0.1) is 22.1 Å². The molecule has 0 atom stereocenters. The molecule has 9 nitrogen and oxygen atoms in total. The highest BCUT2D eigenvalue weighted by Gasteiger charge is 2.33. The van der Waals surface area contributed by atoms with E-state index in [4.69, 9.17) is 26.8 Å². The number of sulfonamides is 1. The van der Waals surface area contributed by atoms with Crippen LogP contribution in [0.2, 0.25) is 0 Å². The van der Waals surface area contributed by atoms with Gasteiger partial charge in [0, 0.05) is 32.7 Å². The van der Waals surface area contributed by atoms with Crippen molar-refractivity contribution in [2.24, 2.45) is 5.14 Å². The molecule has 0 radical (unpaired) electrons. The molecule has 3 aromatic carbocycles. The minimum absolute atomic E-state index is 0.0129. The third-order valence-electron chi connectivity index (χ3n) is 6.94. The number of hydrogen-bond acceptors (Lipinski definition) is 9. The average Bonchev–Trinajstić information content (AvgIpc) is 3.25. The van der Waals surface area contributed by atoms with Crippen LogP contribution in [0.4, 0.5) is 5.69 Å². The molecule has 2 N–H and O–H groups in total. The van der Waals surface area contributed by atoms with E-state index in [1.54, 1.807) is 18.2 Å². The van der Waals surface area contributed by atoms with E-state index in [1.165, 1.54) is 40.9 Å². The summed E-state index contributed by atoms with van der Waals surface area (Å²) in [6.07, 6.45) is 2.76. The zero-order valence-electron chi connectivity index (χ0n) is 23.1. The highest BCUT2D eigenvalue weighted by molar-refractivity contribution is 8.27. The van der Waals surface area contributed by atoms with Crippen molar-refractivity contribution in [1.29, 1.82) is 0 Å². The zero-order valence-corrected chi connectivity index (χ0v) is 25.6. The lowest BCUT2D eigenvalue weighted by Gasteiger charge is -2.32. The van der Waals surface area contributed by atoms with E-state index >= 15 is 0 Å². The Bertz CT molecular complexity index is 1550. The van der Waals surface area contributed by atoms with E-state index in [-0.39, 0.29) is 10.8 Å². The molecule has 0 bridgehead atoms. The number of nitrogens with zero attached hydrogens (tertiary/aromatic N) is 3. The van der Waals surface area contributed by atoms with Gasteiger partial charge in [0.2, 0.25) is 10.0 Å². The Labute approximate surface area is 255 Å². The van der Waals surface area contributed by atoms with Crippen molar-refractivity contribution < 1.29 is 22.7 Å². The predicted molar refractivity (Wildman–Crippen MR) is 170 cm³/mol. The number of amides is 1. The van der Waals surface area contributed by atoms with Crippen LogP contribution >= 0.6 is 24.0 Å². The first-order chi connectivity index (χ1) is 20.2. The molecule has 1 amide bonds. The third kappa shape index (κ3) is 7.77. The molecule has 5 rings (SSSR count). The standard InChI is InChI=1S/C30H32N4O5S3/c1-32-16-18-33(19-17-32)15-2-20-38-24-9-5-23(6-10-24)34-29(35)28(41-30(34)40)21-22-3-7-25(8-4-22)39-26-11-13-27(14-12-26)42(31,36)37/h3-14,21H,2,15-20H2,1H3,(H2,31,36,37)/b28-21-. The fourth-order valence-corrected chi connectivity index (χ4v) is 6.36. The lowest BCUT2D eigenvalue weighted by Crippen LogP contribution is -2.44. The predicted octanol–water partition coefficient (Wildman–Crippen LogP) is 4.55. The molecular weight excluding hydrogens is 593 g/mol. The summed E-state index contributed by atoms with van der Waals surface area (Å²) in [7, 11) is -1.61. The van der Waals surface area contributed by atoms with Gasteiger partial charge in [0.15, 0.2) is 4.32 Å². The molecule has 2 heterocycles. The number of benzene rings is 3. The second-order valence-electron chi connectivity index (χ2n) is 10.0. The summed E-state index contributed by atoms with van der Waals surface area (Å²) in [5.41, 5.74) is 1.51. The largest absolute Gasteiger partial charge is 0.494 e. The van der Waals surface area contributed by atoms with Gasteiger partial charge >= 0.3 is 0 Å². The van der Waals surface area contributed by atoms with Crippen LogP contribution in [0.5, 0.6) is 17.2 Å². The molecule has 42 heavy (non-hydrogen) atoms. The van der Waals surface area contributed by atoms with E-state index < -0.39 is 10.0 Å². The SMILES string of the molecule is CN1CCN(CCCOc2ccc(N3C(=O)/C(=C/c4ccc(Oc5ccc(S(N)(=O)=O)cc5)cc4)SC3=S)cc2)CC1. The van der Waals surface area contributed by atoms with Crippen LogP contribution in [0.1, 0.15) is 12.0 Å². The van der Waals surface area contributed by atoms with Gasteiger partial charge in [-0.05, 0) is 85.8 Å². The fourth-order valence-electron chi connectivity index (χ4n) is 4.55. The maximum atomic E-state index is 13.2. The van der Waals surface area contributed by atoms with Crippen molar-refractivity contribution in [1.82, 2.24) is 9.80 Å². The molecule has 220 valence electrons. The highest BCUT2D eigenvalue weighted by Crippen LogP contribution is 2.37. The average molecular weight is 625 g/mol. The second-order valence-corrected chi connectivity index (χ2v) is 13.3. The van der Waals surface area contributed by atoms with Crippen LogP contribution < -0.4 is 19.5 Å². The summed E-state index contributed by atoms with van der Waals surface area (Å²) in [6, 6.07) is 20.5. The molecular formula is C30H32N4O5S3. The van der Waals surface area contributed by atoms with Crippen molar-refractivity contribution in [3.63, 3.8) is 0 Å². The summed E-state index contributed by atoms with van der Waals surface area (Å²) in [4.78, 5) is 20.1. The van der Waals surface area contributed by atoms with E-state index in [0.29, 0.717) is 33.0 Å². The Morgan fingerprint density at radius 1 is 0.905 bits per heavy atom. The Kier molecular flexibility index (Phi) is 9.61. The molecule has 2 fully saturated rings. The first-order valence-electron chi connectivity index (χ1n) is 13.5. The Morgan fingerprint density at radius 2 is 1.50 bits per heavy atom. The highest BCUT2D eigenvalue weighted by atomic mass is 32.2. The van der Waals surface area contributed by atoms with Crippen molar-refractivity contribution in [3.05, 3.63) is 83.3 Å². The van der Waals surface area contributed by atoms with Crippen LogP contribution in [0.25, 0.3) is 6.08 Å². The van der Waals surface area contributed by atoms with Gasteiger partial charge in [-0.1, -0.05) is 36.1 Å². The minimum atomic E-state index is -3.76. The molecule has 0 aromatic heterocycles. The van der Waals surface area contributed by atoms with Crippen LogP contribution in [0, 0.1) is 0 Å². The lowest BCUT2D eigenvalue weighted by atomic mass is 10.2. The maximum Gasteiger partial charge on any atom is 0.270 e. The van der Waals surface area contributed by atoms with Gasteiger partial charge in [-0.3, -0.25) is 9.69 Å². The van der Waals surface area contributed by atoms with Gasteiger partial charge in [0.25, 0.3) is 5.91 Å². The first kappa shape index (κ1) is 30.2. The van der Waals surface area contributed by atoms with Crippen molar-refractivity contribution in [2.45, 2.75) is 11.3 Å². The summed E-state index contributed by atoms with van der Waals surface area (Å²) < 4.78 is 35.0. The number of carbonyl (C=O) groups excluding carboxylic acids is 1.